The largest absolute Gasteiger partial charge is 0.369 e. The maximum absolute atomic E-state index is 12.0. The molecule has 0 bridgehead atoms. The molecule has 1 aliphatic heterocycles. The quantitative estimate of drug-likeness (QED) is 0.867. The number of anilines is 1. The lowest BCUT2D eigenvalue weighted by molar-refractivity contribution is 0.0943. The molecule has 0 aliphatic carbocycles. The van der Waals surface area contributed by atoms with Crippen molar-refractivity contribution in [1.82, 2.24) is 10.6 Å². The van der Waals surface area contributed by atoms with Crippen LogP contribution in [0.2, 0.25) is 0 Å². The van der Waals surface area contributed by atoms with Crippen molar-refractivity contribution in [3.63, 3.8) is 0 Å². The van der Waals surface area contributed by atoms with E-state index < -0.39 is 0 Å². The Hall–Kier alpha value is -1.55. The second-order valence-electron chi connectivity index (χ2n) is 5.37. The molecule has 4 nitrogen and oxygen atoms in total. The molecule has 0 radical (unpaired) electrons. The smallest absolute Gasteiger partial charge is 0.251 e. The molecule has 1 saturated heterocycles. The van der Waals surface area contributed by atoms with Gasteiger partial charge in [0, 0.05) is 43.5 Å². The predicted octanol–water partition coefficient (Wildman–Crippen LogP) is 1.54. The number of nitrogens with one attached hydrogen (secondary N) is 2. The fourth-order valence-electron chi connectivity index (χ4n) is 2.40. The number of hydrogen-bond donors (Lipinski definition) is 2. The first-order valence-electron chi connectivity index (χ1n) is 6.95. The first-order chi connectivity index (χ1) is 9.08. The summed E-state index contributed by atoms with van der Waals surface area (Å²) in [4.78, 5) is 14.3. The van der Waals surface area contributed by atoms with E-state index in [1.807, 2.05) is 26.0 Å². The fourth-order valence-corrected chi connectivity index (χ4v) is 2.40. The van der Waals surface area contributed by atoms with Crippen molar-refractivity contribution in [2.45, 2.75) is 26.8 Å². The van der Waals surface area contributed by atoms with Crippen LogP contribution in [0.15, 0.2) is 18.2 Å². The molecule has 1 aliphatic rings. The molecule has 0 saturated carbocycles. The third kappa shape index (κ3) is 3.47. The number of aryl methyl sites for hydroxylation is 1. The van der Waals surface area contributed by atoms with Gasteiger partial charge < -0.3 is 15.5 Å². The average Bonchev–Trinajstić information content (AvgIpc) is 2.38. The van der Waals surface area contributed by atoms with E-state index in [-0.39, 0.29) is 11.9 Å². The first kappa shape index (κ1) is 13.9. The number of carbonyl (C=O) groups excluding carboxylic acids is 1. The zero-order chi connectivity index (χ0) is 13.8. The van der Waals surface area contributed by atoms with Crippen molar-refractivity contribution in [1.29, 1.82) is 0 Å². The monoisotopic (exact) mass is 261 g/mol. The zero-order valence-corrected chi connectivity index (χ0v) is 12.0. The van der Waals surface area contributed by atoms with Gasteiger partial charge in [0.15, 0.2) is 0 Å². The van der Waals surface area contributed by atoms with Crippen molar-refractivity contribution < 1.29 is 4.79 Å². The van der Waals surface area contributed by atoms with Gasteiger partial charge >= 0.3 is 0 Å². The minimum Gasteiger partial charge on any atom is -0.369 e. The van der Waals surface area contributed by atoms with Crippen LogP contribution in [0.3, 0.4) is 0 Å². The van der Waals surface area contributed by atoms with Crippen LogP contribution in [0.4, 0.5) is 5.69 Å². The van der Waals surface area contributed by atoms with Crippen molar-refractivity contribution in [2.75, 3.05) is 31.1 Å². The molecule has 1 fully saturated rings. The molecular formula is C15H23N3O. The molecule has 2 N–H and O–H groups in total. The van der Waals surface area contributed by atoms with Crippen molar-refractivity contribution in [3.8, 4) is 0 Å². The Morgan fingerprint density at radius 1 is 1.32 bits per heavy atom. The van der Waals surface area contributed by atoms with Crippen molar-refractivity contribution in [2.24, 2.45) is 0 Å². The van der Waals surface area contributed by atoms with Crippen molar-refractivity contribution in [3.05, 3.63) is 29.3 Å². The van der Waals surface area contributed by atoms with Gasteiger partial charge in [-0.25, -0.2) is 0 Å². The summed E-state index contributed by atoms with van der Waals surface area (Å²) in [5.41, 5.74) is 3.14. The van der Waals surface area contributed by atoms with Gasteiger partial charge in [0.25, 0.3) is 5.91 Å². The Balaban J connectivity index is 2.14. The minimum atomic E-state index is 0.00459. The van der Waals surface area contributed by atoms with Gasteiger partial charge in [-0.05, 0) is 44.5 Å². The van der Waals surface area contributed by atoms with E-state index in [9.17, 15) is 4.79 Å². The zero-order valence-electron chi connectivity index (χ0n) is 12.0. The maximum atomic E-state index is 12.0. The summed E-state index contributed by atoms with van der Waals surface area (Å²) >= 11 is 0. The SMILES string of the molecule is Cc1cc(C(=O)NC(C)C)ccc1N1CCNCC1. The number of benzene rings is 1. The molecule has 104 valence electrons. The molecular weight excluding hydrogens is 238 g/mol. The summed E-state index contributed by atoms with van der Waals surface area (Å²) in [6.45, 7) is 10.1. The van der Waals surface area contributed by atoms with Gasteiger partial charge in [-0.2, -0.15) is 0 Å². The van der Waals surface area contributed by atoms with Crippen LogP contribution >= 0.6 is 0 Å². The summed E-state index contributed by atoms with van der Waals surface area (Å²) < 4.78 is 0. The Kier molecular flexibility index (Phi) is 4.43. The molecule has 1 aromatic carbocycles. The fraction of sp³-hybridized carbons (Fsp3) is 0.533. The molecule has 2 rings (SSSR count). The predicted molar refractivity (Wildman–Crippen MR) is 78.9 cm³/mol. The van der Waals surface area contributed by atoms with E-state index in [2.05, 4.69) is 28.5 Å². The minimum absolute atomic E-state index is 0.00459. The third-order valence-corrected chi connectivity index (χ3v) is 3.34. The van der Waals surface area contributed by atoms with Crippen molar-refractivity contribution >= 4 is 11.6 Å². The summed E-state index contributed by atoms with van der Waals surface area (Å²) in [7, 11) is 0. The lowest BCUT2D eigenvalue weighted by Crippen LogP contribution is -2.43. The van der Waals surface area contributed by atoms with E-state index in [4.69, 9.17) is 0 Å². The Labute approximate surface area is 115 Å². The Bertz CT molecular complexity index is 451. The highest BCUT2D eigenvalue weighted by molar-refractivity contribution is 5.95. The van der Waals surface area contributed by atoms with Crippen LogP contribution in [0.25, 0.3) is 0 Å². The summed E-state index contributed by atoms with van der Waals surface area (Å²) in [6, 6.07) is 6.13. The summed E-state index contributed by atoms with van der Waals surface area (Å²) in [5, 5.41) is 6.27. The van der Waals surface area contributed by atoms with E-state index in [1.165, 1.54) is 11.3 Å². The van der Waals surface area contributed by atoms with Crippen LogP contribution in [0.5, 0.6) is 0 Å². The molecule has 19 heavy (non-hydrogen) atoms. The lowest BCUT2D eigenvalue weighted by atomic mass is 10.1. The highest BCUT2D eigenvalue weighted by Gasteiger charge is 2.14. The maximum Gasteiger partial charge on any atom is 0.251 e. The summed E-state index contributed by atoms with van der Waals surface area (Å²) in [6.07, 6.45) is 0. The number of nitrogens with zero attached hydrogens (tertiary/aromatic N) is 1. The van der Waals surface area contributed by atoms with Crippen LogP contribution in [0, 0.1) is 6.92 Å². The van der Waals surface area contributed by atoms with Crippen LogP contribution in [-0.2, 0) is 0 Å². The molecule has 0 unspecified atom stereocenters. The van der Waals surface area contributed by atoms with E-state index in [0.717, 1.165) is 31.7 Å². The first-order valence-corrected chi connectivity index (χ1v) is 6.95. The van der Waals surface area contributed by atoms with Crippen LogP contribution < -0.4 is 15.5 Å². The number of rotatable bonds is 3. The number of amides is 1. The van der Waals surface area contributed by atoms with E-state index >= 15 is 0 Å². The van der Waals surface area contributed by atoms with Gasteiger partial charge in [-0.15, -0.1) is 0 Å². The Morgan fingerprint density at radius 3 is 2.58 bits per heavy atom. The molecule has 1 amide bonds. The normalized spacial score (nSPS) is 15.7. The second kappa shape index (κ2) is 6.06. The van der Waals surface area contributed by atoms with Gasteiger partial charge in [0.2, 0.25) is 0 Å². The highest BCUT2D eigenvalue weighted by Crippen LogP contribution is 2.21. The van der Waals surface area contributed by atoms with E-state index in [1.54, 1.807) is 0 Å². The van der Waals surface area contributed by atoms with Gasteiger partial charge in [0.1, 0.15) is 0 Å². The molecule has 1 aromatic rings. The number of carbonyl (C=O) groups is 1. The molecule has 1 heterocycles. The van der Waals surface area contributed by atoms with Crippen LogP contribution in [0.1, 0.15) is 29.8 Å². The molecule has 0 spiro atoms. The molecule has 0 atom stereocenters. The highest BCUT2D eigenvalue weighted by atomic mass is 16.1. The third-order valence-electron chi connectivity index (χ3n) is 3.34. The standard InChI is InChI=1S/C15H23N3O/c1-11(2)17-15(19)13-4-5-14(12(3)10-13)18-8-6-16-7-9-18/h4-5,10-11,16H,6-9H2,1-3H3,(H,17,19). The lowest BCUT2D eigenvalue weighted by Gasteiger charge is -2.30. The molecule has 0 aromatic heterocycles. The Morgan fingerprint density at radius 2 is 2.00 bits per heavy atom. The van der Waals surface area contributed by atoms with Gasteiger partial charge in [-0.1, -0.05) is 0 Å². The second-order valence-corrected chi connectivity index (χ2v) is 5.37. The van der Waals surface area contributed by atoms with Gasteiger partial charge in [0.05, 0.1) is 0 Å². The van der Waals surface area contributed by atoms with E-state index in [0.29, 0.717) is 0 Å². The topological polar surface area (TPSA) is 44.4 Å². The molecule has 4 heteroatoms. The van der Waals surface area contributed by atoms with Gasteiger partial charge in [-0.3, -0.25) is 4.79 Å². The number of hydrogen-bond acceptors (Lipinski definition) is 3. The summed E-state index contributed by atoms with van der Waals surface area (Å²) in [5.74, 6) is 0.00459. The average molecular weight is 261 g/mol. The van der Waals surface area contributed by atoms with Crippen LogP contribution in [-0.4, -0.2) is 38.1 Å². The number of piperazine rings is 1.